The molecule has 0 heterocycles. The van der Waals surface area contributed by atoms with Crippen LogP contribution in [-0.4, -0.2) is 11.1 Å². The van der Waals surface area contributed by atoms with Crippen molar-refractivity contribution in [1.82, 2.24) is 0 Å². The molecule has 0 aromatic heterocycles. The van der Waals surface area contributed by atoms with Crippen molar-refractivity contribution in [2.45, 2.75) is 0 Å². The van der Waals surface area contributed by atoms with E-state index in [1.165, 1.54) is 49.8 Å². The van der Waals surface area contributed by atoms with E-state index in [0.717, 1.165) is 0 Å². The monoisotopic (exact) mass is 770 g/mol. The minimum absolute atomic E-state index is 0.331. The number of benzene rings is 9. The van der Waals surface area contributed by atoms with E-state index in [1.807, 2.05) is 42.5 Å². The van der Waals surface area contributed by atoms with Gasteiger partial charge in [0.1, 0.15) is 0 Å². The van der Waals surface area contributed by atoms with Crippen molar-refractivity contribution in [2.24, 2.45) is 0 Å². The molecule has 58 heavy (non-hydrogen) atoms. The Kier molecular flexibility index (Phi) is 17.7. The minimum Gasteiger partial charge on any atom is -0.478 e. The molecule has 0 saturated carbocycles. The standard InChI is InChI=1S/C12H11P.3C12H10.C7H6O2/c13-12-9-5-4-8-11(12)10-6-2-1-3-7-10;3*1-3-7-11(8-4-1)12-9-5-2-6-10-12;8-7(9)6-4-2-1-3-5-6/h1-9H,13H2;3*1-10H;1-5H,(H,8,9). The highest BCUT2D eigenvalue weighted by Gasteiger charge is 1.99. The van der Waals surface area contributed by atoms with Crippen molar-refractivity contribution in [1.29, 1.82) is 0 Å². The van der Waals surface area contributed by atoms with Gasteiger partial charge in [-0.25, -0.2) is 4.79 Å². The Balaban J connectivity index is 0.000000139. The van der Waals surface area contributed by atoms with Crippen LogP contribution in [0.1, 0.15) is 10.4 Å². The van der Waals surface area contributed by atoms with E-state index in [9.17, 15) is 4.79 Å². The number of hydrogen-bond acceptors (Lipinski definition) is 1. The molecule has 9 rings (SSSR count). The van der Waals surface area contributed by atoms with Gasteiger partial charge in [0, 0.05) is 0 Å². The van der Waals surface area contributed by atoms with Crippen molar-refractivity contribution >= 4 is 20.5 Å². The average Bonchev–Trinajstić information content (AvgIpc) is 3.32. The van der Waals surface area contributed by atoms with Crippen LogP contribution in [0.3, 0.4) is 0 Å². The molecule has 0 bridgehead atoms. The summed E-state index contributed by atoms with van der Waals surface area (Å²) in [7, 11) is 2.76. The van der Waals surface area contributed by atoms with Gasteiger partial charge in [-0.3, -0.25) is 0 Å². The van der Waals surface area contributed by atoms with Crippen molar-refractivity contribution < 1.29 is 9.90 Å². The number of hydrogen-bond donors (Lipinski definition) is 1. The summed E-state index contributed by atoms with van der Waals surface area (Å²) in [6, 6.07) is 89.4. The highest BCUT2D eigenvalue weighted by Crippen LogP contribution is 2.20. The zero-order valence-electron chi connectivity index (χ0n) is 32.3. The van der Waals surface area contributed by atoms with Gasteiger partial charge < -0.3 is 5.11 Å². The van der Waals surface area contributed by atoms with Crippen LogP contribution in [-0.2, 0) is 0 Å². The van der Waals surface area contributed by atoms with Crippen LogP contribution in [0.15, 0.2) is 267 Å². The van der Waals surface area contributed by atoms with Gasteiger partial charge in [-0.05, 0) is 61.9 Å². The number of carbonyl (C=O) groups is 1. The van der Waals surface area contributed by atoms with Gasteiger partial charge in [0.15, 0.2) is 0 Å². The lowest BCUT2D eigenvalue weighted by Gasteiger charge is -2.03. The molecule has 0 saturated heterocycles. The highest BCUT2D eigenvalue weighted by atomic mass is 31.0. The van der Waals surface area contributed by atoms with Crippen LogP contribution in [0.2, 0.25) is 0 Å². The van der Waals surface area contributed by atoms with Gasteiger partial charge in [0.25, 0.3) is 0 Å². The molecule has 2 nitrogen and oxygen atoms in total. The molecule has 0 fully saturated rings. The first-order chi connectivity index (χ1) is 28.6. The van der Waals surface area contributed by atoms with E-state index in [4.69, 9.17) is 5.11 Å². The third kappa shape index (κ3) is 14.5. The van der Waals surface area contributed by atoms with Crippen LogP contribution in [0.4, 0.5) is 0 Å². The highest BCUT2D eigenvalue weighted by molar-refractivity contribution is 7.28. The van der Waals surface area contributed by atoms with Crippen LogP contribution in [0.25, 0.3) is 44.5 Å². The second-order valence-electron chi connectivity index (χ2n) is 12.8. The summed E-state index contributed by atoms with van der Waals surface area (Å²) in [5.74, 6) is -0.879. The quantitative estimate of drug-likeness (QED) is 0.177. The van der Waals surface area contributed by atoms with E-state index in [1.54, 1.807) is 30.3 Å². The van der Waals surface area contributed by atoms with Gasteiger partial charge in [0.2, 0.25) is 0 Å². The van der Waals surface area contributed by atoms with Crippen LogP contribution in [0, 0.1) is 0 Å². The van der Waals surface area contributed by atoms with Gasteiger partial charge in [-0.1, -0.05) is 255 Å². The average molecular weight is 771 g/mol. The Morgan fingerprint density at radius 1 is 0.276 bits per heavy atom. The van der Waals surface area contributed by atoms with Crippen LogP contribution in [0.5, 0.6) is 0 Å². The maximum Gasteiger partial charge on any atom is 0.335 e. The summed E-state index contributed by atoms with van der Waals surface area (Å²) in [5, 5.41) is 9.63. The maximum absolute atomic E-state index is 10.2. The Morgan fingerprint density at radius 3 is 0.707 bits per heavy atom. The lowest BCUT2D eigenvalue weighted by molar-refractivity contribution is 0.0697. The fourth-order valence-corrected chi connectivity index (χ4v) is 6.12. The van der Waals surface area contributed by atoms with Crippen molar-refractivity contribution in [3.63, 3.8) is 0 Å². The molecule has 284 valence electrons. The zero-order chi connectivity index (χ0) is 40.5. The SMILES string of the molecule is O=C(O)c1ccccc1.Pc1ccccc1-c1ccccc1.c1ccc(-c2ccccc2)cc1.c1ccc(-c2ccccc2)cc1.c1ccc(-c2ccccc2)cc1. The van der Waals surface area contributed by atoms with Gasteiger partial charge in [0.05, 0.1) is 5.56 Å². The predicted molar refractivity (Wildman–Crippen MR) is 250 cm³/mol. The third-order valence-corrected chi connectivity index (χ3v) is 9.21. The Labute approximate surface area is 346 Å². The number of carboxylic acids is 1. The normalized spacial score (nSPS) is 9.60. The summed E-state index contributed by atoms with van der Waals surface area (Å²) < 4.78 is 0. The lowest BCUT2D eigenvalue weighted by Crippen LogP contribution is -1.94. The molecule has 3 heteroatoms. The fraction of sp³-hybridized carbons (Fsp3) is 0. The molecule has 1 atom stereocenters. The van der Waals surface area contributed by atoms with Gasteiger partial charge >= 0.3 is 5.97 Å². The molecular formula is C55H47O2P. The molecule has 0 aliphatic heterocycles. The molecule has 0 amide bonds. The van der Waals surface area contributed by atoms with Crippen molar-refractivity contribution in [2.75, 3.05) is 0 Å². The molecule has 1 N–H and O–H groups in total. The first-order valence-electron chi connectivity index (χ1n) is 19.1. The largest absolute Gasteiger partial charge is 0.478 e. The smallest absolute Gasteiger partial charge is 0.335 e. The minimum atomic E-state index is -0.879. The molecule has 0 aliphatic carbocycles. The molecule has 1 unspecified atom stereocenters. The summed E-state index contributed by atoms with van der Waals surface area (Å²) in [4.78, 5) is 10.2. The third-order valence-electron chi connectivity index (χ3n) is 8.71. The molecular weight excluding hydrogens is 724 g/mol. The lowest BCUT2D eigenvalue weighted by atomic mass is 10.1. The first kappa shape index (κ1) is 42.0. The van der Waals surface area contributed by atoms with Gasteiger partial charge in [-0.2, -0.15) is 0 Å². The second kappa shape index (κ2) is 24.4. The predicted octanol–water partition coefficient (Wildman–Crippen LogP) is 14.3. The molecule has 0 radical (unpaired) electrons. The second-order valence-corrected chi connectivity index (χ2v) is 13.4. The van der Waals surface area contributed by atoms with Gasteiger partial charge in [-0.15, -0.1) is 9.24 Å². The fourth-order valence-electron chi connectivity index (χ4n) is 5.74. The van der Waals surface area contributed by atoms with E-state index >= 15 is 0 Å². The molecule has 9 aromatic carbocycles. The van der Waals surface area contributed by atoms with Crippen molar-refractivity contribution in [3.05, 3.63) is 272 Å². The number of aromatic carboxylic acids is 1. The summed E-state index contributed by atoms with van der Waals surface area (Å²) in [5.41, 5.74) is 10.5. The molecule has 9 aromatic rings. The Hall–Kier alpha value is -7.12. The Morgan fingerprint density at radius 2 is 0.483 bits per heavy atom. The zero-order valence-corrected chi connectivity index (χ0v) is 33.5. The van der Waals surface area contributed by atoms with E-state index in [2.05, 4.69) is 203 Å². The summed E-state index contributed by atoms with van der Waals surface area (Å²) in [6.45, 7) is 0. The summed E-state index contributed by atoms with van der Waals surface area (Å²) >= 11 is 0. The number of carboxylic acid groups (broad SMARTS) is 1. The van der Waals surface area contributed by atoms with Crippen LogP contribution >= 0.6 is 9.24 Å². The summed E-state index contributed by atoms with van der Waals surface area (Å²) in [6.07, 6.45) is 0. The molecule has 0 aliphatic rings. The van der Waals surface area contributed by atoms with Crippen LogP contribution < -0.4 is 5.30 Å². The van der Waals surface area contributed by atoms with E-state index in [0.29, 0.717) is 5.56 Å². The topological polar surface area (TPSA) is 37.3 Å². The van der Waals surface area contributed by atoms with E-state index in [-0.39, 0.29) is 0 Å². The molecule has 0 spiro atoms. The van der Waals surface area contributed by atoms with E-state index < -0.39 is 5.97 Å². The van der Waals surface area contributed by atoms with Crippen molar-refractivity contribution in [3.8, 4) is 44.5 Å². The Bertz CT molecular complexity index is 2140. The first-order valence-corrected chi connectivity index (χ1v) is 19.7. The number of rotatable bonds is 5. The maximum atomic E-state index is 10.2.